The van der Waals surface area contributed by atoms with Gasteiger partial charge in [-0.25, -0.2) is 0 Å². The van der Waals surface area contributed by atoms with E-state index in [0.717, 1.165) is 17.8 Å². The third-order valence-corrected chi connectivity index (χ3v) is 4.02. The van der Waals surface area contributed by atoms with E-state index < -0.39 is 0 Å². The molecule has 0 spiro atoms. The Labute approximate surface area is 95.3 Å². The zero-order valence-electron chi connectivity index (χ0n) is 8.98. The predicted octanol–water partition coefficient (Wildman–Crippen LogP) is 2.70. The van der Waals surface area contributed by atoms with E-state index in [1.54, 1.807) is 11.3 Å². The van der Waals surface area contributed by atoms with Crippen LogP contribution >= 0.6 is 11.3 Å². The molecule has 1 saturated heterocycles. The van der Waals surface area contributed by atoms with Crippen LogP contribution < -0.4 is 5.32 Å². The van der Waals surface area contributed by atoms with Gasteiger partial charge in [0.1, 0.15) is 0 Å². The largest absolute Gasteiger partial charge is 0.388 e. The summed E-state index contributed by atoms with van der Waals surface area (Å²) < 4.78 is 0. The van der Waals surface area contributed by atoms with Crippen LogP contribution in [-0.2, 0) is 0 Å². The number of thiophene rings is 1. The summed E-state index contributed by atoms with van der Waals surface area (Å²) in [4.78, 5) is 1.10. The highest BCUT2D eigenvalue weighted by molar-refractivity contribution is 7.10. The zero-order valence-corrected chi connectivity index (χ0v) is 9.80. The first kappa shape index (κ1) is 11.1. The molecule has 15 heavy (non-hydrogen) atoms. The second-order valence-electron chi connectivity index (χ2n) is 4.27. The van der Waals surface area contributed by atoms with Crippen LogP contribution in [0.15, 0.2) is 17.5 Å². The van der Waals surface area contributed by atoms with Gasteiger partial charge in [-0.3, -0.25) is 0 Å². The Hall–Kier alpha value is -0.380. The molecule has 1 aromatic rings. The molecular weight excluding hydrogens is 206 g/mol. The van der Waals surface area contributed by atoms with Gasteiger partial charge in [-0.15, -0.1) is 11.3 Å². The molecule has 0 aromatic carbocycles. The molecule has 0 radical (unpaired) electrons. The smallest absolute Gasteiger partial charge is 0.0896 e. The highest BCUT2D eigenvalue weighted by Crippen LogP contribution is 2.25. The summed E-state index contributed by atoms with van der Waals surface area (Å²) in [6, 6.07) is 4.53. The molecule has 2 heterocycles. The molecule has 2 rings (SSSR count). The van der Waals surface area contributed by atoms with E-state index in [9.17, 15) is 5.11 Å². The van der Waals surface area contributed by atoms with Crippen LogP contribution in [0.1, 0.15) is 43.1 Å². The first-order valence-electron chi connectivity index (χ1n) is 5.81. The summed E-state index contributed by atoms with van der Waals surface area (Å²) >= 11 is 1.65. The number of rotatable bonds is 3. The molecule has 3 heteroatoms. The number of nitrogens with one attached hydrogen (secondary N) is 1. The fourth-order valence-electron chi connectivity index (χ4n) is 2.17. The van der Waals surface area contributed by atoms with E-state index in [2.05, 4.69) is 5.32 Å². The molecular formula is C12H19NOS. The number of aliphatic hydroxyl groups is 1. The average molecular weight is 225 g/mol. The predicted molar refractivity (Wildman–Crippen MR) is 64.2 cm³/mol. The molecule has 1 aliphatic rings. The fourth-order valence-corrected chi connectivity index (χ4v) is 2.89. The Morgan fingerprint density at radius 2 is 2.40 bits per heavy atom. The molecule has 0 saturated carbocycles. The van der Waals surface area contributed by atoms with Gasteiger partial charge in [0.05, 0.1) is 6.10 Å². The zero-order chi connectivity index (χ0) is 10.5. The van der Waals surface area contributed by atoms with Crippen molar-refractivity contribution in [3.05, 3.63) is 22.4 Å². The number of hydrogen-bond acceptors (Lipinski definition) is 3. The van der Waals surface area contributed by atoms with Gasteiger partial charge in [-0.1, -0.05) is 18.9 Å². The summed E-state index contributed by atoms with van der Waals surface area (Å²) in [6.07, 6.45) is 5.71. The van der Waals surface area contributed by atoms with Crippen molar-refractivity contribution in [3.8, 4) is 0 Å². The first-order valence-corrected chi connectivity index (χ1v) is 6.69. The second kappa shape index (κ2) is 5.64. The van der Waals surface area contributed by atoms with Crippen LogP contribution in [0, 0.1) is 0 Å². The van der Waals surface area contributed by atoms with Crippen molar-refractivity contribution < 1.29 is 5.11 Å². The summed E-state index contributed by atoms with van der Waals surface area (Å²) in [5.74, 6) is 0. The van der Waals surface area contributed by atoms with Crippen molar-refractivity contribution in [1.82, 2.24) is 5.32 Å². The molecule has 84 valence electrons. The highest BCUT2D eigenvalue weighted by Gasteiger charge is 2.17. The Bertz CT molecular complexity index is 265. The minimum Gasteiger partial charge on any atom is -0.388 e. The Kier molecular flexibility index (Phi) is 4.18. The average Bonchev–Trinajstić information content (AvgIpc) is 2.65. The number of aliphatic hydroxyl groups excluding tert-OH is 1. The van der Waals surface area contributed by atoms with Crippen LogP contribution in [0.5, 0.6) is 0 Å². The molecule has 1 fully saturated rings. The van der Waals surface area contributed by atoms with E-state index >= 15 is 0 Å². The van der Waals surface area contributed by atoms with E-state index in [-0.39, 0.29) is 6.10 Å². The normalized spacial score (nSPS) is 24.7. The lowest BCUT2D eigenvalue weighted by molar-refractivity contribution is 0.154. The molecule has 0 aliphatic carbocycles. The van der Waals surface area contributed by atoms with Gasteiger partial charge in [0.25, 0.3) is 0 Å². The summed E-state index contributed by atoms with van der Waals surface area (Å²) in [7, 11) is 0. The second-order valence-corrected chi connectivity index (χ2v) is 5.25. The van der Waals surface area contributed by atoms with Gasteiger partial charge < -0.3 is 10.4 Å². The van der Waals surface area contributed by atoms with E-state index in [1.165, 1.54) is 25.7 Å². The third kappa shape index (κ3) is 3.30. The molecule has 0 unspecified atom stereocenters. The van der Waals surface area contributed by atoms with Crippen molar-refractivity contribution in [3.63, 3.8) is 0 Å². The van der Waals surface area contributed by atoms with E-state index in [1.807, 2.05) is 17.5 Å². The first-order chi connectivity index (χ1) is 7.36. The standard InChI is InChI=1S/C12H19NOS/c14-11(12-6-4-8-15-12)9-10-5-2-1-3-7-13-10/h4,6,8,10-11,13-14H,1-3,5,7,9H2/t10-,11+/m1/s1. The number of hydrogen-bond donors (Lipinski definition) is 2. The van der Waals surface area contributed by atoms with Gasteiger partial charge in [-0.05, 0) is 37.3 Å². The quantitative estimate of drug-likeness (QED) is 0.829. The van der Waals surface area contributed by atoms with Crippen LogP contribution in [0.4, 0.5) is 0 Å². The van der Waals surface area contributed by atoms with Crippen molar-refractivity contribution in [1.29, 1.82) is 0 Å². The molecule has 2 nitrogen and oxygen atoms in total. The summed E-state index contributed by atoms with van der Waals surface area (Å²) in [5.41, 5.74) is 0. The highest BCUT2D eigenvalue weighted by atomic mass is 32.1. The van der Waals surface area contributed by atoms with Crippen LogP contribution in [0.3, 0.4) is 0 Å². The van der Waals surface area contributed by atoms with Gasteiger partial charge in [0.2, 0.25) is 0 Å². The molecule has 2 N–H and O–H groups in total. The molecule has 1 aliphatic heterocycles. The van der Waals surface area contributed by atoms with Crippen molar-refractivity contribution in [2.24, 2.45) is 0 Å². The van der Waals surface area contributed by atoms with Crippen molar-refractivity contribution >= 4 is 11.3 Å². The van der Waals surface area contributed by atoms with Crippen LogP contribution in [0.25, 0.3) is 0 Å². The molecule has 2 atom stereocenters. The van der Waals surface area contributed by atoms with Gasteiger partial charge in [0, 0.05) is 10.9 Å². The van der Waals surface area contributed by atoms with Gasteiger partial charge in [-0.2, -0.15) is 0 Å². The Morgan fingerprint density at radius 1 is 1.47 bits per heavy atom. The minimum absolute atomic E-state index is 0.277. The van der Waals surface area contributed by atoms with Crippen molar-refractivity contribution in [2.45, 2.75) is 44.2 Å². The Morgan fingerprint density at radius 3 is 3.20 bits per heavy atom. The lowest BCUT2D eigenvalue weighted by atomic mass is 10.0. The van der Waals surface area contributed by atoms with Gasteiger partial charge >= 0.3 is 0 Å². The van der Waals surface area contributed by atoms with Crippen LogP contribution in [0.2, 0.25) is 0 Å². The maximum absolute atomic E-state index is 10.0. The molecule has 0 amide bonds. The maximum Gasteiger partial charge on any atom is 0.0896 e. The monoisotopic (exact) mass is 225 g/mol. The van der Waals surface area contributed by atoms with Gasteiger partial charge in [0.15, 0.2) is 0 Å². The van der Waals surface area contributed by atoms with E-state index in [0.29, 0.717) is 6.04 Å². The maximum atomic E-state index is 10.0. The summed E-state index contributed by atoms with van der Waals surface area (Å²) in [6.45, 7) is 1.11. The van der Waals surface area contributed by atoms with Crippen LogP contribution in [-0.4, -0.2) is 17.7 Å². The topological polar surface area (TPSA) is 32.3 Å². The van der Waals surface area contributed by atoms with Crippen molar-refractivity contribution in [2.75, 3.05) is 6.54 Å². The third-order valence-electron chi connectivity index (χ3n) is 3.04. The SMILES string of the molecule is O[C@@H](C[C@H]1CCCCCN1)c1cccs1. The molecule has 0 bridgehead atoms. The summed E-state index contributed by atoms with van der Waals surface area (Å²) in [5, 5.41) is 15.6. The fraction of sp³-hybridized carbons (Fsp3) is 0.667. The van der Waals surface area contributed by atoms with E-state index in [4.69, 9.17) is 0 Å². The lowest BCUT2D eigenvalue weighted by Crippen LogP contribution is -2.29. The minimum atomic E-state index is -0.277. The molecule has 1 aromatic heterocycles. The Balaban J connectivity index is 1.84. The lowest BCUT2D eigenvalue weighted by Gasteiger charge is -2.18.